The fourth-order valence-electron chi connectivity index (χ4n) is 2.60. The Labute approximate surface area is 138 Å². The largest absolute Gasteiger partial charge is 0.340 e. The van der Waals surface area contributed by atoms with Crippen LogP contribution in [0.15, 0.2) is 15.9 Å². The van der Waals surface area contributed by atoms with Crippen molar-refractivity contribution in [3.05, 3.63) is 20.8 Å². The van der Waals surface area contributed by atoms with Crippen LogP contribution < -0.4 is 5.32 Å². The van der Waals surface area contributed by atoms with E-state index in [-0.39, 0.29) is 17.9 Å². The van der Waals surface area contributed by atoms with Crippen molar-refractivity contribution in [1.29, 1.82) is 0 Å². The lowest BCUT2D eigenvalue weighted by Crippen LogP contribution is -2.68. The van der Waals surface area contributed by atoms with E-state index in [2.05, 4.69) is 21.2 Å². The van der Waals surface area contributed by atoms with Gasteiger partial charge in [0.2, 0.25) is 11.8 Å². The van der Waals surface area contributed by atoms with Crippen molar-refractivity contribution >= 4 is 39.1 Å². The predicted molar refractivity (Wildman–Crippen MR) is 88.1 cm³/mol. The third kappa shape index (κ3) is 3.31. The highest BCUT2D eigenvalue weighted by Gasteiger charge is 2.46. The van der Waals surface area contributed by atoms with Crippen molar-refractivity contribution in [3.8, 4) is 0 Å². The van der Waals surface area contributed by atoms with Crippen LogP contribution in [0.1, 0.15) is 44.9 Å². The molecule has 0 spiro atoms. The number of halogens is 1. The lowest BCUT2D eigenvalue weighted by molar-refractivity contribution is -0.155. The summed E-state index contributed by atoms with van der Waals surface area (Å²) >= 11 is 5.04. The summed E-state index contributed by atoms with van der Waals surface area (Å²) in [6, 6.07) is 1.65. The van der Waals surface area contributed by atoms with Crippen molar-refractivity contribution < 1.29 is 9.59 Å². The lowest BCUT2D eigenvalue weighted by Gasteiger charge is -2.44. The molecule has 2 amide bonds. The van der Waals surface area contributed by atoms with Gasteiger partial charge in [-0.1, -0.05) is 20.3 Å². The van der Waals surface area contributed by atoms with Gasteiger partial charge in [-0.3, -0.25) is 9.59 Å². The minimum atomic E-state index is -0.782. The van der Waals surface area contributed by atoms with E-state index >= 15 is 0 Å². The van der Waals surface area contributed by atoms with E-state index in [1.54, 1.807) is 16.2 Å². The van der Waals surface area contributed by atoms with E-state index < -0.39 is 5.54 Å². The Balaban J connectivity index is 2.29. The summed E-state index contributed by atoms with van der Waals surface area (Å²) in [5.41, 5.74) is -0.782. The van der Waals surface area contributed by atoms with Gasteiger partial charge in [-0.05, 0) is 41.8 Å². The monoisotopic (exact) mass is 372 g/mol. The van der Waals surface area contributed by atoms with E-state index in [4.69, 9.17) is 0 Å². The maximum Gasteiger partial charge on any atom is 0.249 e. The summed E-state index contributed by atoms with van der Waals surface area (Å²) in [5.74, 6) is -0.0102. The van der Waals surface area contributed by atoms with Gasteiger partial charge in [0.1, 0.15) is 11.6 Å². The van der Waals surface area contributed by atoms with Crippen LogP contribution in [0.5, 0.6) is 0 Å². The van der Waals surface area contributed by atoms with Crippen LogP contribution in [0, 0.1) is 0 Å². The molecule has 1 N–H and O–H groups in total. The highest BCUT2D eigenvalue weighted by atomic mass is 79.9. The molecule has 116 valence electrons. The number of nitrogens with one attached hydrogen (secondary N) is 1. The first-order valence-electron chi connectivity index (χ1n) is 7.27. The molecule has 1 saturated heterocycles. The molecule has 2 unspecified atom stereocenters. The van der Waals surface area contributed by atoms with E-state index in [0.717, 1.165) is 15.8 Å². The maximum atomic E-state index is 12.8. The number of thiophene rings is 1. The van der Waals surface area contributed by atoms with Crippen LogP contribution >= 0.6 is 27.3 Å². The fourth-order valence-corrected chi connectivity index (χ4v) is 4.04. The van der Waals surface area contributed by atoms with Crippen molar-refractivity contribution in [3.63, 3.8) is 0 Å². The smallest absolute Gasteiger partial charge is 0.249 e. The van der Waals surface area contributed by atoms with Crippen LogP contribution in [0.4, 0.5) is 0 Å². The highest BCUT2D eigenvalue weighted by Crippen LogP contribution is 2.28. The molecule has 1 aromatic rings. The Hall–Kier alpha value is -0.880. The Morgan fingerprint density at radius 2 is 2.14 bits per heavy atom. The van der Waals surface area contributed by atoms with Crippen LogP contribution in [-0.2, 0) is 16.1 Å². The quantitative estimate of drug-likeness (QED) is 0.861. The first-order chi connectivity index (χ1) is 9.91. The molecule has 1 aliphatic heterocycles. The Morgan fingerprint density at radius 3 is 2.67 bits per heavy atom. The second-order valence-electron chi connectivity index (χ2n) is 5.64. The van der Waals surface area contributed by atoms with Gasteiger partial charge in [0.15, 0.2) is 0 Å². The summed E-state index contributed by atoms with van der Waals surface area (Å²) in [6.07, 6.45) is 2.17. The van der Waals surface area contributed by atoms with Gasteiger partial charge >= 0.3 is 0 Å². The maximum absolute atomic E-state index is 12.8. The van der Waals surface area contributed by atoms with Crippen molar-refractivity contribution in [2.75, 3.05) is 0 Å². The summed E-state index contributed by atoms with van der Waals surface area (Å²) in [4.78, 5) is 28.1. The summed E-state index contributed by atoms with van der Waals surface area (Å²) in [6.45, 7) is 6.28. The molecule has 2 heterocycles. The van der Waals surface area contributed by atoms with Gasteiger partial charge in [-0.2, -0.15) is 0 Å². The second-order valence-corrected chi connectivity index (χ2v) is 7.56. The average molecular weight is 373 g/mol. The summed E-state index contributed by atoms with van der Waals surface area (Å²) in [7, 11) is 0. The number of hydrogen-bond donors (Lipinski definition) is 1. The van der Waals surface area contributed by atoms with Crippen molar-refractivity contribution in [2.45, 2.75) is 58.2 Å². The van der Waals surface area contributed by atoms with Gasteiger partial charge in [-0.25, -0.2) is 0 Å². The van der Waals surface area contributed by atoms with E-state index in [9.17, 15) is 9.59 Å². The first-order valence-corrected chi connectivity index (χ1v) is 8.94. The number of amides is 2. The van der Waals surface area contributed by atoms with Crippen LogP contribution in [-0.4, -0.2) is 28.3 Å². The average Bonchev–Trinajstić information content (AvgIpc) is 2.85. The molecule has 0 aromatic carbocycles. The normalized spacial score (nSPS) is 26.1. The second kappa shape index (κ2) is 6.48. The third-order valence-electron chi connectivity index (χ3n) is 4.03. The molecule has 1 aromatic heterocycles. The fraction of sp³-hybridized carbons (Fsp3) is 0.600. The first kappa shape index (κ1) is 16.5. The molecule has 21 heavy (non-hydrogen) atoms. The Bertz CT molecular complexity index is 546. The highest BCUT2D eigenvalue weighted by molar-refractivity contribution is 9.10. The van der Waals surface area contributed by atoms with Gasteiger partial charge in [0, 0.05) is 14.7 Å². The predicted octanol–water partition coefficient (Wildman–Crippen LogP) is 3.31. The minimum Gasteiger partial charge on any atom is -0.340 e. The molecule has 0 radical (unpaired) electrons. The zero-order valence-electron chi connectivity index (χ0n) is 12.6. The number of hydrogen-bond acceptors (Lipinski definition) is 3. The number of piperazine rings is 1. The molecular weight excluding hydrogens is 352 g/mol. The van der Waals surface area contributed by atoms with Gasteiger partial charge in [0.05, 0.1) is 6.54 Å². The molecule has 1 fully saturated rings. The van der Waals surface area contributed by atoms with E-state index in [1.165, 1.54) is 0 Å². The lowest BCUT2D eigenvalue weighted by atomic mass is 9.90. The number of carbonyl (C=O) groups is 2. The third-order valence-corrected chi connectivity index (χ3v) is 5.71. The molecule has 2 atom stereocenters. The van der Waals surface area contributed by atoms with Crippen molar-refractivity contribution in [1.82, 2.24) is 10.2 Å². The van der Waals surface area contributed by atoms with Gasteiger partial charge in [-0.15, -0.1) is 11.3 Å². The van der Waals surface area contributed by atoms with Crippen LogP contribution in [0.3, 0.4) is 0 Å². The molecule has 6 heteroatoms. The number of carbonyl (C=O) groups excluding carboxylic acids is 2. The molecule has 0 bridgehead atoms. The number of nitrogens with zero attached hydrogens (tertiary/aromatic N) is 1. The Morgan fingerprint density at radius 1 is 1.43 bits per heavy atom. The number of rotatable bonds is 5. The molecule has 4 nitrogen and oxygen atoms in total. The van der Waals surface area contributed by atoms with E-state index in [1.807, 2.05) is 32.2 Å². The summed E-state index contributed by atoms with van der Waals surface area (Å²) < 4.78 is 1.02. The molecular formula is C15H21BrN2O2S. The van der Waals surface area contributed by atoms with Gasteiger partial charge in [0.25, 0.3) is 0 Å². The minimum absolute atomic E-state index is 0.0209. The van der Waals surface area contributed by atoms with Crippen LogP contribution in [0.25, 0.3) is 0 Å². The Kier molecular flexibility index (Phi) is 5.09. The molecule has 1 aliphatic rings. The van der Waals surface area contributed by atoms with E-state index in [0.29, 0.717) is 19.4 Å². The zero-order valence-corrected chi connectivity index (χ0v) is 15.0. The topological polar surface area (TPSA) is 49.4 Å². The van der Waals surface area contributed by atoms with Crippen molar-refractivity contribution in [2.24, 2.45) is 0 Å². The molecule has 0 aliphatic carbocycles. The zero-order chi connectivity index (χ0) is 15.6. The molecule has 0 saturated carbocycles. The molecule has 2 rings (SSSR count). The van der Waals surface area contributed by atoms with Gasteiger partial charge < -0.3 is 10.2 Å². The van der Waals surface area contributed by atoms with Crippen LogP contribution in [0.2, 0.25) is 0 Å². The summed E-state index contributed by atoms with van der Waals surface area (Å²) in [5, 5.41) is 4.91. The standard InChI is InChI=1S/C15H21BrN2O2S/c1-4-6-12-13(19)17-15(3,5-2)14(20)18(12)8-11-7-10(16)9-21-11/h7,9,12H,4-6,8H2,1-3H3,(H,17,19). The SMILES string of the molecule is CCCC1C(=O)NC(C)(CC)C(=O)N1Cc1cc(Br)cs1.